The van der Waals surface area contributed by atoms with E-state index in [1.54, 1.807) is 13.2 Å². The van der Waals surface area contributed by atoms with E-state index in [-0.39, 0.29) is 0 Å². The van der Waals surface area contributed by atoms with Crippen LogP contribution < -0.4 is 5.73 Å². The number of methoxy groups -OCH3 is 1. The highest BCUT2D eigenvalue weighted by molar-refractivity contribution is 9.10. The van der Waals surface area contributed by atoms with E-state index in [1.807, 2.05) is 26.0 Å². The van der Waals surface area contributed by atoms with Crippen LogP contribution in [0.25, 0.3) is 11.5 Å². The quantitative estimate of drug-likeness (QED) is 0.839. The van der Waals surface area contributed by atoms with E-state index in [0.717, 1.165) is 22.9 Å². The highest BCUT2D eigenvalue weighted by Gasteiger charge is 2.34. The third-order valence-electron chi connectivity index (χ3n) is 3.61. The molecule has 0 bridgehead atoms. The zero-order valence-corrected chi connectivity index (χ0v) is 13.4. The third kappa shape index (κ3) is 2.58. The summed E-state index contributed by atoms with van der Waals surface area (Å²) in [5.74, 6) is 0.960. The van der Waals surface area contributed by atoms with Gasteiger partial charge in [-0.15, -0.1) is 0 Å². The summed E-state index contributed by atoms with van der Waals surface area (Å²) in [6.07, 6.45) is 1.54. The molecule has 1 aromatic carbocycles. The minimum Gasteiger partial charge on any atom is -0.398 e. The molecule has 0 fully saturated rings. The molecule has 0 spiro atoms. The van der Waals surface area contributed by atoms with Gasteiger partial charge in [-0.2, -0.15) is 4.98 Å². The van der Waals surface area contributed by atoms with Crippen molar-refractivity contribution in [3.63, 3.8) is 0 Å². The largest absolute Gasteiger partial charge is 0.398 e. The number of ether oxygens (including phenoxy) is 1. The first-order valence-electron chi connectivity index (χ1n) is 6.51. The van der Waals surface area contributed by atoms with Crippen molar-refractivity contribution in [2.75, 3.05) is 12.8 Å². The van der Waals surface area contributed by atoms with Crippen LogP contribution in [0, 0.1) is 0 Å². The Hall–Kier alpha value is -1.40. The highest BCUT2D eigenvalue weighted by atomic mass is 79.9. The van der Waals surface area contributed by atoms with Crippen LogP contribution in [0.2, 0.25) is 0 Å². The SMILES string of the molecule is CCC(CC)(OC)c1noc(-c2cc(Br)ccc2N)n1. The molecular weight excluding hydrogens is 322 g/mol. The number of anilines is 1. The second kappa shape index (κ2) is 5.93. The van der Waals surface area contributed by atoms with Crippen molar-refractivity contribution in [2.45, 2.75) is 32.3 Å². The van der Waals surface area contributed by atoms with Gasteiger partial charge in [0.25, 0.3) is 5.89 Å². The standard InChI is InChI=1S/C14H18BrN3O2/c1-4-14(5-2,19-3)13-17-12(20-18-13)10-8-9(15)6-7-11(10)16/h6-8H,4-5,16H2,1-3H3. The van der Waals surface area contributed by atoms with E-state index in [2.05, 4.69) is 26.1 Å². The number of halogens is 1. The van der Waals surface area contributed by atoms with Crippen LogP contribution in [0.15, 0.2) is 27.2 Å². The fraction of sp³-hybridized carbons (Fsp3) is 0.429. The Kier molecular flexibility index (Phi) is 4.45. The number of nitrogens with two attached hydrogens (primary N) is 1. The predicted molar refractivity (Wildman–Crippen MR) is 81.1 cm³/mol. The molecule has 0 atom stereocenters. The molecule has 2 rings (SSSR count). The normalized spacial score (nSPS) is 11.8. The van der Waals surface area contributed by atoms with Crippen LogP contribution in [0.1, 0.15) is 32.5 Å². The summed E-state index contributed by atoms with van der Waals surface area (Å²) in [5, 5.41) is 4.07. The lowest BCUT2D eigenvalue weighted by atomic mass is 9.96. The molecule has 0 radical (unpaired) electrons. The average Bonchev–Trinajstić information content (AvgIpc) is 2.94. The Labute approximate surface area is 126 Å². The molecule has 20 heavy (non-hydrogen) atoms. The zero-order valence-electron chi connectivity index (χ0n) is 11.8. The Morgan fingerprint density at radius 2 is 2.05 bits per heavy atom. The molecule has 5 nitrogen and oxygen atoms in total. The monoisotopic (exact) mass is 339 g/mol. The van der Waals surface area contributed by atoms with Crippen molar-refractivity contribution in [1.29, 1.82) is 0 Å². The summed E-state index contributed by atoms with van der Waals surface area (Å²) in [4.78, 5) is 4.46. The molecule has 0 aliphatic carbocycles. The number of aromatic nitrogens is 2. The van der Waals surface area contributed by atoms with Gasteiger partial charge in [-0.05, 0) is 31.0 Å². The lowest BCUT2D eigenvalue weighted by Gasteiger charge is -2.25. The Morgan fingerprint density at radius 3 is 2.65 bits per heavy atom. The maximum absolute atomic E-state index is 5.96. The summed E-state index contributed by atoms with van der Waals surface area (Å²) in [5.41, 5.74) is 6.76. The molecule has 0 saturated carbocycles. The molecule has 0 amide bonds. The van der Waals surface area contributed by atoms with Gasteiger partial charge >= 0.3 is 0 Å². The van der Waals surface area contributed by atoms with Gasteiger partial charge in [0.15, 0.2) is 0 Å². The van der Waals surface area contributed by atoms with Crippen molar-refractivity contribution in [1.82, 2.24) is 10.1 Å². The number of hydrogen-bond acceptors (Lipinski definition) is 5. The predicted octanol–water partition coefficient (Wildman–Crippen LogP) is 3.74. The second-order valence-electron chi connectivity index (χ2n) is 4.56. The van der Waals surface area contributed by atoms with Gasteiger partial charge in [0.2, 0.25) is 5.82 Å². The van der Waals surface area contributed by atoms with E-state index in [4.69, 9.17) is 15.0 Å². The first kappa shape index (κ1) is 15.0. The lowest BCUT2D eigenvalue weighted by Crippen LogP contribution is -2.28. The van der Waals surface area contributed by atoms with Crippen LogP contribution in [0.5, 0.6) is 0 Å². The van der Waals surface area contributed by atoms with E-state index < -0.39 is 5.60 Å². The van der Waals surface area contributed by atoms with Gasteiger partial charge in [-0.1, -0.05) is 34.9 Å². The summed E-state index contributed by atoms with van der Waals surface area (Å²) < 4.78 is 11.9. The van der Waals surface area contributed by atoms with Crippen LogP contribution in [-0.4, -0.2) is 17.3 Å². The summed E-state index contributed by atoms with van der Waals surface area (Å²) in [6.45, 7) is 4.08. The van der Waals surface area contributed by atoms with Crippen LogP contribution in [0.3, 0.4) is 0 Å². The van der Waals surface area contributed by atoms with Crippen LogP contribution in [0.4, 0.5) is 5.69 Å². The Bertz CT molecular complexity index is 586. The fourth-order valence-electron chi connectivity index (χ4n) is 2.18. The molecule has 0 aliphatic heterocycles. The molecule has 2 N–H and O–H groups in total. The molecule has 1 heterocycles. The highest BCUT2D eigenvalue weighted by Crippen LogP contribution is 2.33. The van der Waals surface area contributed by atoms with Crippen LogP contribution >= 0.6 is 15.9 Å². The molecular formula is C14H18BrN3O2. The summed E-state index contributed by atoms with van der Waals surface area (Å²) >= 11 is 3.41. The van der Waals surface area contributed by atoms with Gasteiger partial charge in [-0.3, -0.25) is 0 Å². The van der Waals surface area contributed by atoms with Crippen molar-refractivity contribution in [3.8, 4) is 11.5 Å². The summed E-state index contributed by atoms with van der Waals surface area (Å²) in [6, 6.07) is 5.53. The number of benzene rings is 1. The molecule has 1 aromatic heterocycles. The second-order valence-corrected chi connectivity index (χ2v) is 5.48. The van der Waals surface area contributed by atoms with E-state index in [0.29, 0.717) is 17.4 Å². The molecule has 108 valence electrons. The van der Waals surface area contributed by atoms with Gasteiger partial charge in [-0.25, -0.2) is 0 Å². The third-order valence-corrected chi connectivity index (χ3v) is 4.11. The molecule has 2 aromatic rings. The van der Waals surface area contributed by atoms with E-state index in [9.17, 15) is 0 Å². The van der Waals surface area contributed by atoms with Crippen molar-refractivity contribution in [2.24, 2.45) is 0 Å². The van der Waals surface area contributed by atoms with E-state index >= 15 is 0 Å². The van der Waals surface area contributed by atoms with Crippen molar-refractivity contribution in [3.05, 3.63) is 28.5 Å². The first-order chi connectivity index (χ1) is 9.56. The number of nitrogens with zero attached hydrogens (tertiary/aromatic N) is 2. The van der Waals surface area contributed by atoms with Crippen LogP contribution in [-0.2, 0) is 10.3 Å². The summed E-state index contributed by atoms with van der Waals surface area (Å²) in [7, 11) is 1.66. The average molecular weight is 340 g/mol. The number of rotatable bonds is 5. The maximum atomic E-state index is 5.96. The Balaban J connectivity index is 2.45. The molecule has 0 saturated heterocycles. The smallest absolute Gasteiger partial charge is 0.260 e. The Morgan fingerprint density at radius 1 is 1.35 bits per heavy atom. The fourth-order valence-corrected chi connectivity index (χ4v) is 2.54. The van der Waals surface area contributed by atoms with Gasteiger partial charge in [0, 0.05) is 17.3 Å². The molecule has 0 aliphatic rings. The van der Waals surface area contributed by atoms with Gasteiger partial charge in [0.05, 0.1) is 5.56 Å². The van der Waals surface area contributed by atoms with Crippen molar-refractivity contribution >= 4 is 21.6 Å². The number of nitrogen functional groups attached to an aromatic ring is 1. The minimum atomic E-state index is -0.511. The number of hydrogen-bond donors (Lipinski definition) is 1. The van der Waals surface area contributed by atoms with Gasteiger partial charge < -0.3 is 15.0 Å². The van der Waals surface area contributed by atoms with Crippen molar-refractivity contribution < 1.29 is 9.26 Å². The molecule has 0 unspecified atom stereocenters. The van der Waals surface area contributed by atoms with Gasteiger partial charge in [0.1, 0.15) is 5.60 Å². The first-order valence-corrected chi connectivity index (χ1v) is 7.30. The molecule has 6 heteroatoms. The minimum absolute atomic E-state index is 0.405. The topological polar surface area (TPSA) is 74.2 Å². The maximum Gasteiger partial charge on any atom is 0.260 e. The van der Waals surface area contributed by atoms with E-state index in [1.165, 1.54) is 0 Å². The zero-order chi connectivity index (χ0) is 14.8. The lowest BCUT2D eigenvalue weighted by molar-refractivity contribution is -0.0306.